The highest BCUT2D eigenvalue weighted by molar-refractivity contribution is 5.69. The van der Waals surface area contributed by atoms with Gasteiger partial charge in [-0.15, -0.1) is 0 Å². The Labute approximate surface area is 276 Å². The smallest absolute Gasteiger partial charge is 0.410 e. The van der Waals surface area contributed by atoms with Gasteiger partial charge in [-0.2, -0.15) is 0 Å². The van der Waals surface area contributed by atoms with Crippen LogP contribution in [0.4, 0.5) is 9.59 Å². The van der Waals surface area contributed by atoms with Gasteiger partial charge in [-0.1, -0.05) is 19.9 Å². The fourth-order valence-corrected chi connectivity index (χ4v) is 6.53. The van der Waals surface area contributed by atoms with Crippen molar-refractivity contribution < 1.29 is 38.0 Å². The fraction of sp³-hybridized carbons (Fsp3) is 0.778. The van der Waals surface area contributed by atoms with Gasteiger partial charge >= 0.3 is 12.2 Å². The fourth-order valence-electron chi connectivity index (χ4n) is 6.53. The number of hydrogen-bond donors (Lipinski definition) is 0. The van der Waals surface area contributed by atoms with Gasteiger partial charge in [-0.05, 0) is 87.8 Å². The molecule has 3 aliphatic rings. The number of ether oxygens (including phenoxy) is 6. The minimum Gasteiger partial charge on any atom is -0.493 e. The molecule has 1 aromatic carbocycles. The Morgan fingerprint density at radius 1 is 1.00 bits per heavy atom. The van der Waals surface area contributed by atoms with Gasteiger partial charge in [0.1, 0.15) is 11.7 Å². The predicted molar refractivity (Wildman–Crippen MR) is 176 cm³/mol. The highest BCUT2D eigenvalue weighted by Crippen LogP contribution is 2.38. The molecule has 2 saturated heterocycles. The number of amides is 2. The first-order valence-electron chi connectivity index (χ1n) is 17.3. The highest BCUT2D eigenvalue weighted by Gasteiger charge is 2.43. The van der Waals surface area contributed by atoms with Crippen molar-refractivity contribution >= 4 is 12.2 Å². The van der Waals surface area contributed by atoms with Crippen molar-refractivity contribution in [2.24, 2.45) is 23.7 Å². The molecule has 1 unspecified atom stereocenters. The maximum Gasteiger partial charge on any atom is 0.410 e. The lowest BCUT2D eigenvalue weighted by Gasteiger charge is -2.32. The third-order valence-corrected chi connectivity index (χ3v) is 9.34. The zero-order chi connectivity index (χ0) is 33.3. The molecular formula is C36H58N2O8. The minimum atomic E-state index is -0.573. The average molecular weight is 647 g/mol. The molecule has 1 aromatic rings. The van der Waals surface area contributed by atoms with Gasteiger partial charge in [-0.3, -0.25) is 0 Å². The van der Waals surface area contributed by atoms with E-state index in [0.717, 1.165) is 56.4 Å². The van der Waals surface area contributed by atoms with Gasteiger partial charge in [-0.25, -0.2) is 9.59 Å². The molecule has 1 saturated carbocycles. The zero-order valence-corrected chi connectivity index (χ0v) is 29.3. The van der Waals surface area contributed by atoms with E-state index in [-0.39, 0.29) is 36.2 Å². The Balaban J connectivity index is 1.49. The summed E-state index contributed by atoms with van der Waals surface area (Å²) in [5, 5.41) is 0. The summed E-state index contributed by atoms with van der Waals surface area (Å²) in [7, 11) is 3.35. The van der Waals surface area contributed by atoms with Crippen molar-refractivity contribution in [1.82, 2.24) is 9.80 Å². The second kappa shape index (κ2) is 16.9. The number of rotatable bonds is 15. The summed E-state index contributed by atoms with van der Waals surface area (Å²) >= 11 is 0. The van der Waals surface area contributed by atoms with Crippen molar-refractivity contribution in [3.05, 3.63) is 23.8 Å². The topological polar surface area (TPSA) is 96.0 Å². The molecule has 3 atom stereocenters. The molecule has 2 amide bonds. The molecule has 0 N–H and O–H groups in total. The van der Waals surface area contributed by atoms with E-state index in [4.69, 9.17) is 28.4 Å². The van der Waals surface area contributed by atoms with Crippen LogP contribution in [0.3, 0.4) is 0 Å². The van der Waals surface area contributed by atoms with Crippen LogP contribution in [0.25, 0.3) is 0 Å². The third-order valence-electron chi connectivity index (χ3n) is 9.34. The van der Waals surface area contributed by atoms with Crippen LogP contribution in [0.2, 0.25) is 0 Å². The van der Waals surface area contributed by atoms with Gasteiger partial charge in [0.05, 0.1) is 26.9 Å². The maximum absolute atomic E-state index is 13.5. The summed E-state index contributed by atoms with van der Waals surface area (Å²) < 4.78 is 34.1. The van der Waals surface area contributed by atoms with Crippen molar-refractivity contribution in [2.75, 3.05) is 60.3 Å². The van der Waals surface area contributed by atoms with E-state index in [1.165, 1.54) is 5.56 Å². The number of hydrogen-bond acceptors (Lipinski definition) is 8. The molecule has 3 fully saturated rings. The lowest BCUT2D eigenvalue weighted by atomic mass is 9.78. The molecule has 46 heavy (non-hydrogen) atoms. The van der Waals surface area contributed by atoms with Crippen LogP contribution in [0.1, 0.15) is 78.7 Å². The lowest BCUT2D eigenvalue weighted by molar-refractivity contribution is -0.0128. The van der Waals surface area contributed by atoms with Crippen LogP contribution in [-0.2, 0) is 25.4 Å². The van der Waals surface area contributed by atoms with Gasteiger partial charge < -0.3 is 38.2 Å². The van der Waals surface area contributed by atoms with Gasteiger partial charge in [0.15, 0.2) is 11.5 Å². The van der Waals surface area contributed by atoms with E-state index in [0.29, 0.717) is 57.9 Å². The SMILES string of the molecule is COCCCOc1cc(CC(C[C@@H]2CN(C(=O)OC(C)(C)C)C[C@H]2CN(C(=O)OC2CCOCC2)C2CC2)C(C)C)ccc1OC. The molecular weight excluding hydrogens is 588 g/mol. The van der Waals surface area contributed by atoms with E-state index in [1.807, 2.05) is 36.6 Å². The number of nitrogens with zero attached hydrogens (tertiary/aromatic N) is 2. The van der Waals surface area contributed by atoms with Gasteiger partial charge in [0.25, 0.3) is 0 Å². The van der Waals surface area contributed by atoms with Crippen LogP contribution >= 0.6 is 0 Å². The molecule has 4 rings (SSSR count). The van der Waals surface area contributed by atoms with Crippen LogP contribution in [0.5, 0.6) is 11.5 Å². The standard InChI is InChI=1S/C36H58N2O8/c1-25(2)27(19-26-9-12-32(42-7)33(20-26)44-16-8-15-41-6)21-28-22-37(34(39)46-36(3,4)5)23-29(28)24-38(30-10-11-30)35(40)45-31-13-17-43-18-14-31/h9,12,20,25,27-31H,8,10-11,13-19,21-24H2,1-7H3/t27?,28-,29+/m1/s1. The first kappa shape index (κ1) is 36.1. The molecule has 1 aliphatic carbocycles. The normalized spacial score (nSPS) is 21.3. The van der Waals surface area contributed by atoms with Gasteiger partial charge in [0, 0.05) is 58.7 Å². The summed E-state index contributed by atoms with van der Waals surface area (Å²) in [5.41, 5.74) is 0.621. The Morgan fingerprint density at radius 3 is 2.35 bits per heavy atom. The quantitative estimate of drug-likeness (QED) is 0.197. The Kier molecular flexibility index (Phi) is 13.3. The second-order valence-electron chi connectivity index (χ2n) is 14.6. The van der Waals surface area contributed by atoms with Crippen molar-refractivity contribution in [3.63, 3.8) is 0 Å². The van der Waals surface area contributed by atoms with Crippen LogP contribution < -0.4 is 9.47 Å². The summed E-state index contributed by atoms with van der Waals surface area (Å²) in [5.74, 6) is 2.61. The summed E-state index contributed by atoms with van der Waals surface area (Å²) in [4.78, 5) is 30.6. The first-order valence-corrected chi connectivity index (χ1v) is 17.3. The summed E-state index contributed by atoms with van der Waals surface area (Å²) in [6, 6.07) is 6.42. The zero-order valence-electron chi connectivity index (χ0n) is 29.3. The van der Waals surface area contributed by atoms with Crippen molar-refractivity contribution in [1.29, 1.82) is 0 Å². The minimum absolute atomic E-state index is 0.0937. The third kappa shape index (κ3) is 10.9. The number of carbonyl (C=O) groups is 2. The molecule has 0 aromatic heterocycles. The summed E-state index contributed by atoms with van der Waals surface area (Å²) in [6.45, 7) is 14.5. The number of likely N-dealkylation sites (tertiary alicyclic amines) is 1. The molecule has 0 radical (unpaired) electrons. The lowest BCUT2D eigenvalue weighted by Crippen LogP contribution is -2.42. The molecule has 10 nitrogen and oxygen atoms in total. The molecule has 2 aliphatic heterocycles. The van der Waals surface area contributed by atoms with Crippen LogP contribution in [0.15, 0.2) is 18.2 Å². The predicted octanol–water partition coefficient (Wildman–Crippen LogP) is 6.58. The molecule has 0 spiro atoms. The van der Waals surface area contributed by atoms with Crippen LogP contribution in [0, 0.1) is 23.7 Å². The van der Waals surface area contributed by atoms with E-state index in [9.17, 15) is 9.59 Å². The Bertz CT molecular complexity index is 1110. The van der Waals surface area contributed by atoms with E-state index >= 15 is 0 Å². The van der Waals surface area contributed by atoms with E-state index in [1.54, 1.807) is 14.2 Å². The van der Waals surface area contributed by atoms with E-state index < -0.39 is 5.60 Å². The second-order valence-corrected chi connectivity index (χ2v) is 14.6. The first-order chi connectivity index (χ1) is 22.0. The molecule has 10 heteroatoms. The maximum atomic E-state index is 13.5. The largest absolute Gasteiger partial charge is 0.493 e. The van der Waals surface area contributed by atoms with Crippen molar-refractivity contribution in [2.45, 2.75) is 97.3 Å². The monoisotopic (exact) mass is 646 g/mol. The average Bonchev–Trinajstić information content (AvgIpc) is 3.77. The molecule has 2 heterocycles. The van der Waals surface area contributed by atoms with Crippen molar-refractivity contribution in [3.8, 4) is 11.5 Å². The van der Waals surface area contributed by atoms with E-state index in [2.05, 4.69) is 26.0 Å². The molecule has 0 bridgehead atoms. The number of carbonyl (C=O) groups excluding carboxylic acids is 2. The Morgan fingerprint density at radius 2 is 1.72 bits per heavy atom. The molecule has 260 valence electrons. The summed E-state index contributed by atoms with van der Waals surface area (Å²) in [6.07, 6.45) is 5.49. The number of methoxy groups -OCH3 is 2. The Hall–Kier alpha value is -2.72. The highest BCUT2D eigenvalue weighted by atomic mass is 16.6. The van der Waals surface area contributed by atoms with Gasteiger partial charge in [0.2, 0.25) is 0 Å². The van der Waals surface area contributed by atoms with Crippen LogP contribution in [-0.4, -0.2) is 100 Å². The number of benzene rings is 1.